The van der Waals surface area contributed by atoms with E-state index in [1.165, 1.54) is 35.5 Å². The molecule has 0 unspecified atom stereocenters. The summed E-state index contributed by atoms with van der Waals surface area (Å²) >= 11 is 1.51. The quantitative estimate of drug-likeness (QED) is 0.538. The van der Waals surface area contributed by atoms with Crippen LogP contribution in [0.1, 0.15) is 53.0 Å². The Hall–Kier alpha value is -2.76. The number of primary sulfonamides is 1. The maximum absolute atomic E-state index is 12.8. The van der Waals surface area contributed by atoms with Crippen LogP contribution < -0.4 is 15.4 Å². The zero-order valence-corrected chi connectivity index (χ0v) is 19.4. The number of carbonyl (C=O) groups excluding carboxylic acids is 1. The summed E-state index contributed by atoms with van der Waals surface area (Å²) in [7, 11) is -2.81. The number of sulfonamides is 1. The van der Waals surface area contributed by atoms with Crippen LogP contribution in [-0.2, 0) is 27.6 Å². The summed E-state index contributed by atoms with van der Waals surface area (Å²) < 4.78 is 34.0. The summed E-state index contributed by atoms with van der Waals surface area (Å²) in [4.78, 5) is 34.2. The van der Waals surface area contributed by atoms with Crippen molar-refractivity contribution in [2.45, 2.75) is 44.1 Å². The molecular weight excluding hydrogens is 454 g/mol. The minimum Gasteiger partial charge on any atom is -0.495 e. The summed E-state index contributed by atoms with van der Waals surface area (Å²) in [5.74, 6) is 0.0278. The maximum atomic E-state index is 12.8. The number of esters is 1. The predicted molar refractivity (Wildman–Crippen MR) is 120 cm³/mol. The molecule has 0 saturated carbocycles. The van der Waals surface area contributed by atoms with Crippen LogP contribution in [0.25, 0.3) is 10.2 Å². The lowest BCUT2D eigenvalue weighted by Crippen LogP contribution is -2.19. The fraction of sp³-hybridized carbons (Fsp3) is 0.381. The Morgan fingerprint density at radius 1 is 1.38 bits per heavy atom. The highest BCUT2D eigenvalue weighted by atomic mass is 32.2. The van der Waals surface area contributed by atoms with E-state index in [4.69, 9.17) is 14.6 Å². The van der Waals surface area contributed by atoms with E-state index in [0.717, 1.165) is 30.9 Å². The second-order valence-corrected chi connectivity index (χ2v) is 10.6. The average Bonchev–Trinajstić information content (AvgIpc) is 3.10. The zero-order valence-electron chi connectivity index (χ0n) is 17.8. The largest absolute Gasteiger partial charge is 0.495 e. The van der Waals surface area contributed by atoms with E-state index in [-0.39, 0.29) is 27.6 Å². The molecule has 0 spiro atoms. The van der Waals surface area contributed by atoms with E-state index in [2.05, 4.69) is 16.9 Å². The van der Waals surface area contributed by atoms with Crippen molar-refractivity contribution in [1.82, 2.24) is 9.97 Å². The van der Waals surface area contributed by atoms with E-state index in [1.54, 1.807) is 6.92 Å². The molecule has 1 aromatic carbocycles. The van der Waals surface area contributed by atoms with E-state index >= 15 is 0 Å². The third-order valence-electron chi connectivity index (χ3n) is 5.56. The third kappa shape index (κ3) is 4.15. The standard InChI is InChI=1S/C21H23N3O6S2/c1-10-4-6-13-15(8-10)31-20-17(13)19(25)23-18(24-20)11(2)30-21(26)12-5-7-14(29-3)16(9-12)32(22,27)28/h5,7,9-11H,4,6,8H2,1-3H3,(H2,22,27,28)(H,23,24,25)/t10-,11+/m1/s1. The van der Waals surface area contributed by atoms with Gasteiger partial charge in [-0.2, -0.15) is 0 Å². The smallest absolute Gasteiger partial charge is 0.338 e. The molecule has 1 aliphatic rings. The number of benzene rings is 1. The average molecular weight is 478 g/mol. The number of methoxy groups -OCH3 is 1. The first-order valence-corrected chi connectivity index (χ1v) is 12.4. The first kappa shape index (κ1) is 22.4. The molecule has 0 radical (unpaired) electrons. The van der Waals surface area contributed by atoms with Crippen molar-refractivity contribution in [2.75, 3.05) is 7.11 Å². The van der Waals surface area contributed by atoms with E-state index in [1.807, 2.05) is 0 Å². The molecule has 0 saturated heterocycles. The highest BCUT2D eigenvalue weighted by Gasteiger charge is 2.25. The second kappa shape index (κ2) is 8.30. The number of nitrogens with zero attached hydrogens (tertiary/aromatic N) is 1. The summed E-state index contributed by atoms with van der Waals surface area (Å²) in [5.41, 5.74) is 0.799. The summed E-state index contributed by atoms with van der Waals surface area (Å²) in [5, 5.41) is 5.82. The van der Waals surface area contributed by atoms with E-state index in [9.17, 15) is 18.0 Å². The van der Waals surface area contributed by atoms with Crippen LogP contribution in [0.15, 0.2) is 27.9 Å². The van der Waals surface area contributed by atoms with Gasteiger partial charge in [0.1, 0.15) is 15.5 Å². The molecule has 2 aromatic heterocycles. The van der Waals surface area contributed by atoms with Gasteiger partial charge in [0, 0.05) is 4.88 Å². The Morgan fingerprint density at radius 3 is 2.81 bits per heavy atom. The molecule has 1 aliphatic carbocycles. The van der Waals surface area contributed by atoms with Gasteiger partial charge in [0.15, 0.2) is 11.9 Å². The van der Waals surface area contributed by atoms with Gasteiger partial charge in [-0.05, 0) is 55.9 Å². The lowest BCUT2D eigenvalue weighted by atomic mass is 9.89. The number of hydrogen-bond donors (Lipinski definition) is 2. The van der Waals surface area contributed by atoms with Gasteiger partial charge in [-0.25, -0.2) is 23.3 Å². The molecule has 11 heteroatoms. The first-order chi connectivity index (χ1) is 15.1. The maximum Gasteiger partial charge on any atom is 0.338 e. The SMILES string of the molecule is COc1ccc(C(=O)O[C@@H](C)c2nc3sc4c(c3c(=O)[nH]2)CC[C@@H](C)C4)cc1S(N)(=O)=O. The first-order valence-electron chi connectivity index (χ1n) is 10.0. The second-order valence-electron chi connectivity index (χ2n) is 7.94. The highest BCUT2D eigenvalue weighted by Crippen LogP contribution is 2.36. The number of nitrogens with two attached hydrogens (primary N) is 1. The molecule has 32 heavy (non-hydrogen) atoms. The number of rotatable bonds is 5. The molecule has 2 atom stereocenters. The number of carbonyl (C=O) groups is 1. The minimum absolute atomic E-state index is 0.0181. The van der Waals surface area contributed by atoms with Crippen LogP contribution >= 0.6 is 11.3 Å². The van der Waals surface area contributed by atoms with E-state index < -0.39 is 22.1 Å². The summed E-state index contributed by atoms with van der Waals surface area (Å²) in [6.07, 6.45) is 1.96. The van der Waals surface area contributed by atoms with Crippen molar-refractivity contribution < 1.29 is 22.7 Å². The minimum atomic E-state index is -4.11. The number of ether oxygens (including phenoxy) is 2. The Labute approximate surface area is 188 Å². The molecule has 0 amide bonds. The third-order valence-corrected chi connectivity index (χ3v) is 7.64. The van der Waals surface area contributed by atoms with Crippen LogP contribution in [-0.4, -0.2) is 31.5 Å². The van der Waals surface area contributed by atoms with Crippen LogP contribution in [0.5, 0.6) is 5.75 Å². The van der Waals surface area contributed by atoms with Crippen LogP contribution in [0.2, 0.25) is 0 Å². The zero-order chi connectivity index (χ0) is 23.2. The fourth-order valence-electron chi connectivity index (χ4n) is 3.87. The molecule has 0 aliphatic heterocycles. The molecule has 170 valence electrons. The number of aryl methyl sites for hydroxylation is 1. The molecule has 0 fully saturated rings. The highest BCUT2D eigenvalue weighted by molar-refractivity contribution is 7.89. The van der Waals surface area contributed by atoms with Gasteiger partial charge in [-0.15, -0.1) is 11.3 Å². The molecular formula is C21H23N3O6S2. The topological polar surface area (TPSA) is 141 Å². The number of nitrogens with one attached hydrogen (secondary N) is 1. The molecule has 9 nitrogen and oxygen atoms in total. The normalized spacial score (nSPS) is 17.1. The Morgan fingerprint density at radius 2 is 2.12 bits per heavy atom. The lowest BCUT2D eigenvalue weighted by molar-refractivity contribution is 0.0319. The molecule has 2 heterocycles. The van der Waals surface area contributed by atoms with Crippen molar-refractivity contribution in [3.63, 3.8) is 0 Å². The number of hydrogen-bond acceptors (Lipinski definition) is 8. The molecule has 0 bridgehead atoms. The predicted octanol–water partition coefficient (Wildman–Crippen LogP) is 2.68. The monoisotopic (exact) mass is 477 g/mol. The molecule has 3 aromatic rings. The number of H-pyrrole nitrogens is 1. The molecule has 3 N–H and O–H groups in total. The van der Waals surface area contributed by atoms with E-state index in [0.29, 0.717) is 16.1 Å². The van der Waals surface area contributed by atoms with Crippen LogP contribution in [0, 0.1) is 5.92 Å². The number of aromatic nitrogens is 2. The number of aromatic amines is 1. The Balaban J connectivity index is 1.62. The fourth-order valence-corrected chi connectivity index (χ4v) is 5.98. The van der Waals surface area contributed by atoms with Gasteiger partial charge >= 0.3 is 5.97 Å². The Bertz CT molecular complexity index is 1380. The van der Waals surface area contributed by atoms with Gasteiger partial charge in [-0.1, -0.05) is 6.92 Å². The summed E-state index contributed by atoms with van der Waals surface area (Å²) in [6, 6.07) is 3.79. The van der Waals surface area contributed by atoms with Gasteiger partial charge < -0.3 is 14.5 Å². The van der Waals surface area contributed by atoms with Crippen molar-refractivity contribution in [3.8, 4) is 5.75 Å². The van der Waals surface area contributed by atoms with Gasteiger partial charge in [0.2, 0.25) is 10.0 Å². The van der Waals surface area contributed by atoms with Crippen molar-refractivity contribution in [1.29, 1.82) is 0 Å². The number of thiophene rings is 1. The van der Waals surface area contributed by atoms with Crippen LogP contribution in [0.3, 0.4) is 0 Å². The molecule has 4 rings (SSSR count). The van der Waals surface area contributed by atoms with Crippen molar-refractivity contribution in [3.05, 3.63) is 50.4 Å². The summed E-state index contributed by atoms with van der Waals surface area (Å²) in [6.45, 7) is 3.78. The van der Waals surface area contributed by atoms with Crippen molar-refractivity contribution >= 4 is 37.5 Å². The van der Waals surface area contributed by atoms with Crippen molar-refractivity contribution in [2.24, 2.45) is 11.1 Å². The van der Waals surface area contributed by atoms with Gasteiger partial charge in [0.05, 0.1) is 18.1 Å². The Kier molecular flexibility index (Phi) is 5.82. The lowest BCUT2D eigenvalue weighted by Gasteiger charge is -2.17. The van der Waals surface area contributed by atoms with Crippen LogP contribution in [0.4, 0.5) is 0 Å². The van der Waals surface area contributed by atoms with Gasteiger partial charge in [0.25, 0.3) is 5.56 Å². The van der Waals surface area contributed by atoms with Gasteiger partial charge in [-0.3, -0.25) is 4.79 Å². The number of fused-ring (bicyclic) bond motifs is 3.